The predicted molar refractivity (Wildman–Crippen MR) is 90.4 cm³/mol. The maximum absolute atomic E-state index is 5.82. The van der Waals surface area contributed by atoms with Crippen molar-refractivity contribution in [2.75, 3.05) is 32.8 Å². The highest BCUT2D eigenvalue weighted by atomic mass is 35.5. The maximum atomic E-state index is 5.82. The van der Waals surface area contributed by atoms with Gasteiger partial charge in [-0.15, -0.1) is 5.10 Å². The van der Waals surface area contributed by atoms with Gasteiger partial charge in [0.05, 0.1) is 5.69 Å². The number of hydrogen-bond donors (Lipinski definition) is 0. The smallest absolute Gasteiger partial charge is 0.151 e. The fourth-order valence-corrected chi connectivity index (χ4v) is 4.98. The van der Waals surface area contributed by atoms with Gasteiger partial charge in [-0.05, 0) is 67.9 Å². The Bertz CT molecular complexity index is 504. The van der Waals surface area contributed by atoms with Gasteiger partial charge in [0.25, 0.3) is 0 Å². The van der Waals surface area contributed by atoms with Crippen LogP contribution in [-0.4, -0.2) is 47.9 Å². The highest BCUT2D eigenvalue weighted by Crippen LogP contribution is 2.43. The van der Waals surface area contributed by atoms with Gasteiger partial charge in [0, 0.05) is 32.8 Å². The minimum atomic E-state index is 0.487. The normalized spacial score (nSPS) is 32.3. The van der Waals surface area contributed by atoms with E-state index in [1.54, 1.807) is 0 Å². The van der Waals surface area contributed by atoms with Crippen molar-refractivity contribution in [1.82, 2.24) is 15.1 Å². The minimum Gasteiger partial charge on any atom is -0.381 e. The summed E-state index contributed by atoms with van der Waals surface area (Å²) in [6.07, 6.45) is 6.29. The van der Waals surface area contributed by atoms with Crippen molar-refractivity contribution < 1.29 is 4.74 Å². The van der Waals surface area contributed by atoms with E-state index in [0.29, 0.717) is 5.15 Å². The number of rotatable bonds is 4. The van der Waals surface area contributed by atoms with Crippen molar-refractivity contribution in [3.8, 4) is 0 Å². The second-order valence-corrected chi connectivity index (χ2v) is 8.07. The SMILES string of the molecule is Clc1ccc(CC2C[C@@H]3CN(CC4CCOCC4)C[C@@H]3C2)nn1. The van der Waals surface area contributed by atoms with Gasteiger partial charge in [0.1, 0.15) is 0 Å². The molecular formula is C18H26ClN3O. The molecule has 1 saturated carbocycles. The van der Waals surface area contributed by atoms with Crippen LogP contribution in [0.15, 0.2) is 12.1 Å². The molecule has 126 valence electrons. The summed E-state index contributed by atoms with van der Waals surface area (Å²) in [6, 6.07) is 3.89. The van der Waals surface area contributed by atoms with E-state index in [0.717, 1.165) is 49.0 Å². The molecule has 3 atom stereocenters. The van der Waals surface area contributed by atoms with Crippen molar-refractivity contribution in [1.29, 1.82) is 0 Å². The van der Waals surface area contributed by atoms with E-state index in [4.69, 9.17) is 16.3 Å². The third kappa shape index (κ3) is 3.86. The molecule has 2 aliphatic heterocycles. The lowest BCUT2D eigenvalue weighted by Crippen LogP contribution is -2.31. The van der Waals surface area contributed by atoms with Crippen LogP contribution in [0.5, 0.6) is 0 Å². The first kappa shape index (κ1) is 15.8. The molecule has 1 aromatic rings. The molecule has 2 saturated heterocycles. The second kappa shape index (κ2) is 7.04. The third-order valence-corrected chi connectivity index (χ3v) is 6.17. The Kier molecular flexibility index (Phi) is 4.83. The van der Waals surface area contributed by atoms with E-state index in [1.165, 1.54) is 45.3 Å². The summed E-state index contributed by atoms with van der Waals surface area (Å²) in [5.74, 6) is 3.45. The molecule has 0 spiro atoms. The molecule has 3 aliphatic rings. The lowest BCUT2D eigenvalue weighted by atomic mass is 9.98. The Morgan fingerprint density at radius 2 is 1.78 bits per heavy atom. The molecule has 0 bridgehead atoms. The van der Waals surface area contributed by atoms with E-state index in [1.807, 2.05) is 12.1 Å². The monoisotopic (exact) mass is 335 g/mol. The molecule has 1 aromatic heterocycles. The summed E-state index contributed by atoms with van der Waals surface area (Å²) in [5.41, 5.74) is 1.10. The molecule has 4 rings (SSSR count). The molecule has 0 amide bonds. The Hall–Kier alpha value is -0.710. The van der Waals surface area contributed by atoms with Gasteiger partial charge < -0.3 is 9.64 Å². The Balaban J connectivity index is 1.25. The van der Waals surface area contributed by atoms with E-state index in [9.17, 15) is 0 Å². The first-order valence-corrected chi connectivity index (χ1v) is 9.42. The van der Waals surface area contributed by atoms with Gasteiger partial charge in [0.15, 0.2) is 5.15 Å². The summed E-state index contributed by atoms with van der Waals surface area (Å²) in [6.45, 7) is 5.85. The first-order valence-electron chi connectivity index (χ1n) is 9.04. The van der Waals surface area contributed by atoms with Crippen LogP contribution in [-0.2, 0) is 11.2 Å². The standard InChI is InChI=1S/C18H26ClN3O/c19-18-2-1-17(20-21-18)9-14-7-15-11-22(12-16(15)8-14)10-13-3-5-23-6-4-13/h1-2,13-16H,3-12H2/t14?,15-,16+. The average Bonchev–Trinajstić information content (AvgIpc) is 3.08. The molecule has 0 N–H and O–H groups in total. The number of nitrogens with zero attached hydrogens (tertiary/aromatic N) is 3. The van der Waals surface area contributed by atoms with E-state index in [-0.39, 0.29) is 0 Å². The molecule has 5 heteroatoms. The van der Waals surface area contributed by atoms with Crippen LogP contribution in [0, 0.1) is 23.7 Å². The summed E-state index contributed by atoms with van der Waals surface area (Å²) >= 11 is 5.82. The number of fused-ring (bicyclic) bond motifs is 1. The zero-order valence-corrected chi connectivity index (χ0v) is 14.4. The van der Waals surface area contributed by atoms with Crippen LogP contribution >= 0.6 is 11.6 Å². The Morgan fingerprint density at radius 3 is 2.43 bits per heavy atom. The zero-order chi connectivity index (χ0) is 15.6. The summed E-state index contributed by atoms with van der Waals surface area (Å²) in [5, 5.41) is 8.68. The molecule has 1 unspecified atom stereocenters. The van der Waals surface area contributed by atoms with Gasteiger partial charge >= 0.3 is 0 Å². The molecule has 1 aliphatic carbocycles. The Morgan fingerprint density at radius 1 is 1.04 bits per heavy atom. The van der Waals surface area contributed by atoms with Gasteiger partial charge in [-0.25, -0.2) is 0 Å². The molecular weight excluding hydrogens is 310 g/mol. The lowest BCUT2D eigenvalue weighted by molar-refractivity contribution is 0.0544. The highest BCUT2D eigenvalue weighted by molar-refractivity contribution is 6.29. The van der Waals surface area contributed by atoms with Crippen LogP contribution < -0.4 is 0 Å². The quantitative estimate of drug-likeness (QED) is 0.847. The summed E-state index contributed by atoms with van der Waals surface area (Å²) in [7, 11) is 0. The lowest BCUT2D eigenvalue weighted by Gasteiger charge is -2.27. The van der Waals surface area contributed by atoms with Crippen molar-refractivity contribution in [3.63, 3.8) is 0 Å². The van der Waals surface area contributed by atoms with Gasteiger partial charge in [0.2, 0.25) is 0 Å². The third-order valence-electron chi connectivity index (χ3n) is 5.97. The summed E-state index contributed by atoms with van der Waals surface area (Å²) in [4.78, 5) is 2.73. The topological polar surface area (TPSA) is 38.2 Å². The largest absolute Gasteiger partial charge is 0.381 e. The number of likely N-dealkylation sites (tertiary alicyclic amines) is 1. The van der Waals surface area contributed by atoms with E-state index < -0.39 is 0 Å². The molecule has 23 heavy (non-hydrogen) atoms. The van der Waals surface area contributed by atoms with Crippen molar-refractivity contribution in [2.24, 2.45) is 23.7 Å². The average molecular weight is 336 g/mol. The zero-order valence-electron chi connectivity index (χ0n) is 13.7. The first-order chi connectivity index (χ1) is 11.3. The fraction of sp³-hybridized carbons (Fsp3) is 0.778. The molecule has 3 fully saturated rings. The van der Waals surface area contributed by atoms with E-state index >= 15 is 0 Å². The minimum absolute atomic E-state index is 0.487. The van der Waals surface area contributed by atoms with Gasteiger partial charge in [-0.3, -0.25) is 0 Å². The van der Waals surface area contributed by atoms with Crippen molar-refractivity contribution >= 4 is 11.6 Å². The molecule has 0 radical (unpaired) electrons. The summed E-state index contributed by atoms with van der Waals surface area (Å²) < 4.78 is 5.48. The number of halogens is 1. The van der Waals surface area contributed by atoms with Crippen LogP contribution in [0.3, 0.4) is 0 Å². The molecule has 3 heterocycles. The van der Waals surface area contributed by atoms with Crippen LogP contribution in [0.4, 0.5) is 0 Å². The fourth-order valence-electron chi connectivity index (χ4n) is 4.88. The maximum Gasteiger partial charge on any atom is 0.151 e. The highest BCUT2D eigenvalue weighted by Gasteiger charge is 2.41. The van der Waals surface area contributed by atoms with Crippen LogP contribution in [0.25, 0.3) is 0 Å². The second-order valence-electron chi connectivity index (χ2n) is 7.68. The number of aromatic nitrogens is 2. The number of ether oxygens (including phenoxy) is 1. The Labute approximate surface area is 143 Å². The van der Waals surface area contributed by atoms with Crippen molar-refractivity contribution in [3.05, 3.63) is 23.0 Å². The molecule has 0 aromatic carbocycles. The van der Waals surface area contributed by atoms with Gasteiger partial charge in [-0.1, -0.05) is 11.6 Å². The van der Waals surface area contributed by atoms with Crippen LogP contribution in [0.1, 0.15) is 31.4 Å². The van der Waals surface area contributed by atoms with Gasteiger partial charge in [-0.2, -0.15) is 5.10 Å². The molecule has 4 nitrogen and oxygen atoms in total. The number of hydrogen-bond acceptors (Lipinski definition) is 4. The van der Waals surface area contributed by atoms with E-state index in [2.05, 4.69) is 15.1 Å². The van der Waals surface area contributed by atoms with Crippen LogP contribution in [0.2, 0.25) is 5.15 Å². The van der Waals surface area contributed by atoms with Crippen molar-refractivity contribution in [2.45, 2.75) is 32.1 Å². The predicted octanol–water partition coefficient (Wildman–Crippen LogP) is 3.06.